The summed E-state index contributed by atoms with van der Waals surface area (Å²) in [6, 6.07) is 6.22. The summed E-state index contributed by atoms with van der Waals surface area (Å²) in [6.45, 7) is 1.35. The number of hydrogen-bond acceptors (Lipinski definition) is 8. The van der Waals surface area contributed by atoms with Crippen LogP contribution in [-0.4, -0.2) is 66.7 Å². The van der Waals surface area contributed by atoms with Crippen LogP contribution in [0.2, 0.25) is 0 Å². The number of methoxy groups -OCH3 is 1. The highest BCUT2D eigenvalue weighted by Crippen LogP contribution is 2.47. The first-order valence-electron chi connectivity index (χ1n) is 11.5. The smallest absolute Gasteiger partial charge is 0.347 e. The number of rotatable bonds is 8. The fraction of sp³-hybridized carbons (Fsp3) is 0.500. The molecular weight excluding hydrogens is 454 g/mol. The minimum Gasteiger partial charge on any atom is -0.465 e. The minimum absolute atomic E-state index is 0.00147. The van der Waals surface area contributed by atoms with Crippen LogP contribution in [0.5, 0.6) is 0 Å². The van der Waals surface area contributed by atoms with Crippen molar-refractivity contribution in [3.05, 3.63) is 40.2 Å². The predicted molar refractivity (Wildman–Crippen MR) is 135 cm³/mol. The van der Waals surface area contributed by atoms with E-state index in [0.717, 1.165) is 30.4 Å². The maximum atomic E-state index is 12.7. The zero-order valence-corrected chi connectivity index (χ0v) is 20.9. The van der Waals surface area contributed by atoms with Gasteiger partial charge < -0.3 is 19.1 Å². The van der Waals surface area contributed by atoms with E-state index in [4.69, 9.17) is 4.74 Å². The quantitative estimate of drug-likeness (QED) is 0.253. The van der Waals surface area contributed by atoms with E-state index in [1.165, 1.54) is 37.7 Å². The van der Waals surface area contributed by atoms with Gasteiger partial charge in [-0.3, -0.25) is 10.1 Å². The van der Waals surface area contributed by atoms with Crippen LogP contribution in [-0.2, 0) is 4.74 Å². The zero-order chi connectivity index (χ0) is 24.4. The predicted octanol–water partition coefficient (Wildman–Crippen LogP) is 4.96. The number of ether oxygens (including phenoxy) is 1. The molecule has 0 unspecified atom stereocenters. The summed E-state index contributed by atoms with van der Waals surface area (Å²) in [4.78, 5) is 33.3. The third kappa shape index (κ3) is 4.65. The first-order chi connectivity index (χ1) is 16.3. The number of thiophene rings is 1. The van der Waals surface area contributed by atoms with Crippen molar-refractivity contribution in [1.29, 1.82) is 0 Å². The van der Waals surface area contributed by atoms with Crippen molar-refractivity contribution in [1.82, 2.24) is 14.5 Å². The molecule has 1 aliphatic carbocycles. The molecule has 1 aliphatic rings. The van der Waals surface area contributed by atoms with Gasteiger partial charge in [0.2, 0.25) is 0 Å². The van der Waals surface area contributed by atoms with Crippen LogP contribution in [0.1, 0.15) is 48.5 Å². The van der Waals surface area contributed by atoms with Crippen LogP contribution in [0, 0.1) is 10.1 Å². The second-order valence-corrected chi connectivity index (χ2v) is 10.1. The van der Waals surface area contributed by atoms with Crippen LogP contribution >= 0.6 is 11.3 Å². The molecule has 182 valence electrons. The summed E-state index contributed by atoms with van der Waals surface area (Å²) in [7, 11) is 7.00. The Morgan fingerprint density at radius 2 is 1.97 bits per heavy atom. The zero-order valence-electron chi connectivity index (χ0n) is 20.1. The Kier molecular flexibility index (Phi) is 7.18. The number of hydrogen-bond donors (Lipinski definition) is 0. The van der Waals surface area contributed by atoms with E-state index >= 15 is 0 Å². The fourth-order valence-electron chi connectivity index (χ4n) is 4.61. The lowest BCUT2D eigenvalue weighted by molar-refractivity contribution is -0.384. The molecule has 1 saturated carbocycles. The molecule has 0 aliphatic heterocycles. The lowest BCUT2D eigenvalue weighted by Gasteiger charge is -2.23. The lowest BCUT2D eigenvalue weighted by atomic mass is 9.95. The Morgan fingerprint density at radius 1 is 1.24 bits per heavy atom. The van der Waals surface area contributed by atoms with Crippen LogP contribution in [0.25, 0.3) is 21.5 Å². The van der Waals surface area contributed by atoms with Crippen LogP contribution < -0.4 is 4.90 Å². The molecule has 0 atom stereocenters. The van der Waals surface area contributed by atoms with Gasteiger partial charge in [0, 0.05) is 31.7 Å². The number of aromatic nitrogens is 2. The van der Waals surface area contributed by atoms with Crippen molar-refractivity contribution < 1.29 is 14.5 Å². The number of esters is 1. The highest BCUT2D eigenvalue weighted by Gasteiger charge is 2.35. The van der Waals surface area contributed by atoms with Crippen molar-refractivity contribution in [2.24, 2.45) is 0 Å². The highest BCUT2D eigenvalue weighted by molar-refractivity contribution is 7.20. The van der Waals surface area contributed by atoms with E-state index in [-0.39, 0.29) is 11.3 Å². The Morgan fingerprint density at radius 3 is 2.62 bits per heavy atom. The van der Waals surface area contributed by atoms with Crippen LogP contribution in [0.4, 0.5) is 10.7 Å². The molecule has 3 aromatic rings. The number of carbonyl (C=O) groups is 1. The number of benzene rings is 1. The minimum atomic E-state index is -0.705. The summed E-state index contributed by atoms with van der Waals surface area (Å²) >= 11 is 1.24. The largest absolute Gasteiger partial charge is 0.465 e. The van der Waals surface area contributed by atoms with Crippen LogP contribution in [0.3, 0.4) is 0 Å². The van der Waals surface area contributed by atoms with Gasteiger partial charge in [-0.05, 0) is 39.1 Å². The number of carbonyl (C=O) groups excluding carboxylic acids is 1. The maximum Gasteiger partial charge on any atom is 0.347 e. The van der Waals surface area contributed by atoms with Crippen LogP contribution in [0.15, 0.2) is 24.5 Å². The second kappa shape index (κ2) is 10.1. The van der Waals surface area contributed by atoms with Gasteiger partial charge in [-0.15, -0.1) is 11.3 Å². The van der Waals surface area contributed by atoms with Gasteiger partial charge in [-0.25, -0.2) is 9.78 Å². The number of likely N-dealkylation sites (N-methyl/N-ethyl adjacent to an activating group) is 2. The molecule has 2 heterocycles. The van der Waals surface area contributed by atoms with E-state index in [9.17, 15) is 14.9 Å². The Balaban J connectivity index is 1.79. The first kappa shape index (κ1) is 24.2. The normalized spacial score (nSPS) is 14.6. The van der Waals surface area contributed by atoms with Gasteiger partial charge in [0.05, 0.1) is 29.4 Å². The van der Waals surface area contributed by atoms with Crippen molar-refractivity contribution >= 4 is 39.0 Å². The summed E-state index contributed by atoms with van der Waals surface area (Å²) < 4.78 is 7.18. The second-order valence-electron chi connectivity index (χ2n) is 9.08. The van der Waals surface area contributed by atoms with Crippen molar-refractivity contribution in [2.75, 3.05) is 46.2 Å². The molecule has 0 radical (unpaired) electrons. The molecular formula is C24H31N5O4S. The number of nitrogens with zero attached hydrogens (tertiary/aromatic N) is 5. The first-order valence-corrected chi connectivity index (χ1v) is 12.4. The summed E-state index contributed by atoms with van der Waals surface area (Å²) in [5, 5.41) is 12.7. The van der Waals surface area contributed by atoms with Gasteiger partial charge in [-0.1, -0.05) is 25.3 Å². The van der Waals surface area contributed by atoms with E-state index < -0.39 is 10.9 Å². The topological polar surface area (TPSA) is 93.7 Å². The molecule has 4 rings (SSSR count). The summed E-state index contributed by atoms with van der Waals surface area (Å²) in [6.07, 6.45) is 7.91. The Labute approximate surface area is 203 Å². The monoisotopic (exact) mass is 485 g/mol. The standard InChI is InChI=1S/C24H31N5O4S/c1-26(2)12-13-27(3)23-20(24(30)33-4)21(29(31)32)22(34-23)16-10-11-19-18(14-16)25-15-28(19)17-8-6-5-7-9-17/h10-11,14-15,17H,5-9,12-13H2,1-4H3. The van der Waals surface area contributed by atoms with Gasteiger partial charge in [0.1, 0.15) is 9.88 Å². The third-order valence-electron chi connectivity index (χ3n) is 6.47. The van der Waals surface area contributed by atoms with E-state index in [1.807, 2.05) is 55.5 Å². The summed E-state index contributed by atoms with van der Waals surface area (Å²) in [5.74, 6) is -0.705. The summed E-state index contributed by atoms with van der Waals surface area (Å²) in [5.41, 5.74) is 2.30. The van der Waals surface area contributed by atoms with Crippen molar-refractivity contribution in [3.8, 4) is 10.4 Å². The molecule has 1 aromatic carbocycles. The van der Waals surface area contributed by atoms with Gasteiger partial charge in [0.15, 0.2) is 5.56 Å². The van der Waals surface area contributed by atoms with E-state index in [1.54, 1.807) is 0 Å². The Hall–Kier alpha value is -2.98. The Bertz CT molecular complexity index is 1200. The third-order valence-corrected chi connectivity index (χ3v) is 7.81. The van der Waals surface area contributed by atoms with E-state index in [2.05, 4.69) is 9.55 Å². The molecule has 0 saturated heterocycles. The van der Waals surface area contributed by atoms with Gasteiger partial charge in [0.25, 0.3) is 0 Å². The molecule has 2 aromatic heterocycles. The molecule has 0 bridgehead atoms. The lowest BCUT2D eigenvalue weighted by Crippen LogP contribution is -2.29. The average Bonchev–Trinajstić information content (AvgIpc) is 3.44. The number of imidazole rings is 1. The van der Waals surface area contributed by atoms with Gasteiger partial charge in [-0.2, -0.15) is 0 Å². The number of anilines is 1. The highest BCUT2D eigenvalue weighted by atomic mass is 32.1. The van der Waals surface area contributed by atoms with Crippen molar-refractivity contribution in [2.45, 2.75) is 38.1 Å². The van der Waals surface area contributed by atoms with E-state index in [0.29, 0.717) is 28.0 Å². The maximum absolute atomic E-state index is 12.7. The molecule has 0 N–H and O–H groups in total. The number of fused-ring (bicyclic) bond motifs is 1. The molecule has 0 amide bonds. The molecule has 1 fully saturated rings. The molecule has 10 heteroatoms. The molecule has 9 nitrogen and oxygen atoms in total. The van der Waals surface area contributed by atoms with Gasteiger partial charge >= 0.3 is 11.7 Å². The molecule has 0 spiro atoms. The fourth-order valence-corrected chi connectivity index (χ4v) is 5.85. The van der Waals surface area contributed by atoms with Crippen molar-refractivity contribution in [3.63, 3.8) is 0 Å². The SMILES string of the molecule is COC(=O)c1c(N(C)CCN(C)C)sc(-c2ccc3c(c2)ncn3C2CCCCC2)c1[N+](=O)[O-]. The number of nitro groups is 1. The average molecular weight is 486 g/mol. The molecule has 34 heavy (non-hydrogen) atoms.